The zero-order valence-electron chi connectivity index (χ0n) is 9.84. The molecule has 0 unspecified atom stereocenters. The molecular weight excluding hydrogens is 294 g/mol. The normalized spacial score (nSPS) is 10.2. The fourth-order valence-electron chi connectivity index (χ4n) is 0.876. The minimum Gasteiger partial charge on any atom is -0.452 e. The summed E-state index contributed by atoms with van der Waals surface area (Å²) in [5.74, 6) is 5.38. The molecule has 1 aromatic heterocycles. The molecule has 0 spiro atoms. The molecule has 8 nitrogen and oxygen atoms in total. The predicted molar refractivity (Wildman–Crippen MR) is 68.8 cm³/mol. The van der Waals surface area contributed by atoms with Gasteiger partial charge in [0.15, 0.2) is 5.13 Å². The van der Waals surface area contributed by atoms with Gasteiger partial charge in [0.25, 0.3) is 0 Å². The summed E-state index contributed by atoms with van der Waals surface area (Å²) in [6.45, 7) is -0.0473. The predicted octanol–water partition coefficient (Wildman–Crippen LogP) is -0.110. The van der Waals surface area contributed by atoms with Gasteiger partial charge in [0.1, 0.15) is 0 Å². The highest BCUT2D eigenvalue weighted by atomic mass is 32.2. The van der Waals surface area contributed by atoms with Crippen LogP contribution >= 0.6 is 11.3 Å². The first-order chi connectivity index (χ1) is 8.96. The smallest absolute Gasteiger partial charge is 0.422 e. The van der Waals surface area contributed by atoms with Crippen LogP contribution in [0.2, 0.25) is 0 Å². The van der Waals surface area contributed by atoms with Gasteiger partial charge in [-0.3, -0.25) is 0 Å². The summed E-state index contributed by atoms with van der Waals surface area (Å²) in [5.41, 5.74) is 0. The molecule has 0 saturated carbocycles. The van der Waals surface area contributed by atoms with E-state index in [4.69, 9.17) is 5.11 Å². The van der Waals surface area contributed by atoms with Crippen LogP contribution in [0.3, 0.4) is 0 Å². The molecule has 1 aromatic rings. The number of aliphatic hydroxyl groups excluding tert-OH is 1. The summed E-state index contributed by atoms with van der Waals surface area (Å²) in [7, 11) is -3.03. The Hall–Kier alpha value is -1.83. The van der Waals surface area contributed by atoms with E-state index in [-0.39, 0.29) is 11.7 Å². The average molecular weight is 305 g/mol. The van der Waals surface area contributed by atoms with Crippen LogP contribution in [0.15, 0.2) is 6.20 Å². The number of ether oxygens (including phenoxy) is 1. The van der Waals surface area contributed by atoms with Crippen LogP contribution in [-0.2, 0) is 14.9 Å². The van der Waals surface area contributed by atoms with Gasteiger partial charge in [-0.2, -0.15) is 8.42 Å². The Morgan fingerprint density at radius 2 is 2.37 bits per heavy atom. The van der Waals surface area contributed by atoms with Gasteiger partial charge in [0.2, 0.25) is 0 Å². The number of rotatable bonds is 4. The van der Waals surface area contributed by atoms with Gasteiger partial charge < -0.3 is 9.84 Å². The quantitative estimate of drug-likeness (QED) is 0.668. The van der Waals surface area contributed by atoms with Crippen LogP contribution < -0.4 is 9.44 Å². The molecule has 1 rings (SSSR count). The number of carbonyl (C=O) groups excluding carboxylic acids is 1. The second-order valence-electron chi connectivity index (χ2n) is 3.00. The molecule has 0 aromatic carbocycles. The third-order valence-electron chi connectivity index (χ3n) is 1.58. The summed E-state index contributed by atoms with van der Waals surface area (Å²) >= 11 is 0.996. The monoisotopic (exact) mass is 305 g/mol. The maximum absolute atomic E-state index is 11.4. The molecule has 1 heterocycles. The number of carbonyl (C=O) groups is 1. The van der Waals surface area contributed by atoms with Crippen LogP contribution in [0.25, 0.3) is 0 Å². The Morgan fingerprint density at radius 3 is 3.00 bits per heavy atom. The van der Waals surface area contributed by atoms with Crippen molar-refractivity contribution in [3.8, 4) is 11.8 Å². The SMILES string of the molecule is COC(=O)NS(=O)(=O)Nc1ncc(C#CCCO)s1. The highest BCUT2D eigenvalue weighted by Crippen LogP contribution is 2.17. The third-order valence-corrected chi connectivity index (χ3v) is 3.43. The van der Waals surface area contributed by atoms with Gasteiger partial charge in [-0.25, -0.2) is 19.2 Å². The molecule has 0 saturated heterocycles. The van der Waals surface area contributed by atoms with E-state index in [0.29, 0.717) is 11.3 Å². The number of aliphatic hydroxyl groups is 1. The standard InChI is InChI=1S/C9H11N3O5S2/c1-17-9(14)12-19(15,16)11-8-10-6-7(18-8)4-2-3-5-13/h6,13H,3,5H2,1H3,(H,10,11)(H,12,14). The van der Waals surface area contributed by atoms with Crippen LogP contribution in [0.5, 0.6) is 0 Å². The van der Waals surface area contributed by atoms with Crippen molar-refractivity contribution in [3.05, 3.63) is 11.1 Å². The van der Waals surface area contributed by atoms with Gasteiger partial charge in [0.05, 0.1) is 24.8 Å². The van der Waals surface area contributed by atoms with Crippen LogP contribution in [-0.4, -0.2) is 38.3 Å². The zero-order chi connectivity index (χ0) is 14.3. The van der Waals surface area contributed by atoms with Crippen molar-refractivity contribution in [2.75, 3.05) is 18.4 Å². The summed E-state index contributed by atoms with van der Waals surface area (Å²) < 4.78 is 30.6. The van der Waals surface area contributed by atoms with Gasteiger partial charge in [-0.15, -0.1) is 0 Å². The van der Waals surface area contributed by atoms with E-state index in [2.05, 4.69) is 21.6 Å². The van der Waals surface area contributed by atoms with E-state index in [1.165, 1.54) is 6.20 Å². The molecule has 0 radical (unpaired) electrons. The number of aromatic nitrogens is 1. The van der Waals surface area contributed by atoms with E-state index >= 15 is 0 Å². The van der Waals surface area contributed by atoms with Gasteiger partial charge in [0, 0.05) is 6.42 Å². The summed E-state index contributed by atoms with van der Waals surface area (Å²) in [4.78, 5) is 15.1. The van der Waals surface area contributed by atoms with Gasteiger partial charge in [-0.05, 0) is 0 Å². The Kier molecular flexibility index (Phi) is 5.56. The zero-order valence-corrected chi connectivity index (χ0v) is 11.5. The van der Waals surface area contributed by atoms with Crippen LogP contribution in [0.4, 0.5) is 9.93 Å². The number of nitrogens with one attached hydrogen (secondary N) is 2. The lowest BCUT2D eigenvalue weighted by atomic mass is 10.4. The van der Waals surface area contributed by atoms with E-state index < -0.39 is 16.3 Å². The molecule has 3 N–H and O–H groups in total. The van der Waals surface area contributed by atoms with Crippen molar-refractivity contribution in [2.24, 2.45) is 0 Å². The van der Waals surface area contributed by atoms with E-state index in [9.17, 15) is 13.2 Å². The lowest BCUT2D eigenvalue weighted by molar-refractivity contribution is 0.177. The Morgan fingerprint density at radius 1 is 1.63 bits per heavy atom. The molecule has 1 amide bonds. The molecule has 0 bridgehead atoms. The number of amides is 1. The molecule has 0 aliphatic heterocycles. The van der Waals surface area contributed by atoms with Crippen molar-refractivity contribution >= 4 is 32.8 Å². The van der Waals surface area contributed by atoms with Crippen molar-refractivity contribution in [3.63, 3.8) is 0 Å². The largest absolute Gasteiger partial charge is 0.452 e. The van der Waals surface area contributed by atoms with Crippen molar-refractivity contribution in [1.29, 1.82) is 0 Å². The molecule has 0 atom stereocenters. The van der Waals surface area contributed by atoms with E-state index in [1.807, 2.05) is 4.72 Å². The van der Waals surface area contributed by atoms with Crippen LogP contribution in [0.1, 0.15) is 11.3 Å². The second-order valence-corrected chi connectivity index (χ2v) is 5.45. The molecule has 10 heteroatoms. The Labute approximate surface area is 114 Å². The maximum Gasteiger partial charge on any atom is 0.422 e. The van der Waals surface area contributed by atoms with Crippen molar-refractivity contribution in [1.82, 2.24) is 9.71 Å². The molecule has 19 heavy (non-hydrogen) atoms. The maximum atomic E-state index is 11.4. The first-order valence-corrected chi connectivity index (χ1v) is 7.21. The highest BCUT2D eigenvalue weighted by Gasteiger charge is 2.16. The molecular formula is C9H11N3O5S2. The van der Waals surface area contributed by atoms with Crippen LogP contribution in [0, 0.1) is 11.8 Å². The second kappa shape index (κ2) is 6.93. The van der Waals surface area contributed by atoms with E-state index in [0.717, 1.165) is 18.4 Å². The number of methoxy groups -OCH3 is 1. The number of hydrogen-bond donors (Lipinski definition) is 3. The average Bonchev–Trinajstić information content (AvgIpc) is 2.75. The lowest BCUT2D eigenvalue weighted by Crippen LogP contribution is -2.35. The summed E-state index contributed by atoms with van der Waals surface area (Å²) in [6.07, 6.45) is 0.598. The number of anilines is 1. The van der Waals surface area contributed by atoms with Gasteiger partial charge in [-0.1, -0.05) is 23.2 Å². The number of thiazole rings is 1. The van der Waals surface area contributed by atoms with E-state index in [1.54, 1.807) is 4.72 Å². The number of hydrogen-bond acceptors (Lipinski definition) is 7. The fourth-order valence-corrected chi connectivity index (χ4v) is 2.55. The molecule has 104 valence electrons. The number of nitrogens with zero attached hydrogens (tertiary/aromatic N) is 1. The first kappa shape index (κ1) is 15.2. The summed E-state index contributed by atoms with van der Waals surface area (Å²) in [6, 6.07) is 0. The minimum absolute atomic E-state index is 0.0473. The Bertz CT molecular complexity index is 599. The highest BCUT2D eigenvalue weighted by molar-refractivity contribution is 7.91. The van der Waals surface area contributed by atoms with Crippen molar-refractivity contribution in [2.45, 2.75) is 6.42 Å². The lowest BCUT2D eigenvalue weighted by Gasteiger charge is -2.04. The first-order valence-electron chi connectivity index (χ1n) is 4.91. The van der Waals surface area contributed by atoms with Gasteiger partial charge >= 0.3 is 16.3 Å². The topological polar surface area (TPSA) is 118 Å². The minimum atomic E-state index is -4.07. The molecule has 0 fully saturated rings. The Balaban J connectivity index is 2.68. The third kappa shape index (κ3) is 5.56. The fraction of sp³-hybridized carbons (Fsp3) is 0.333. The molecule has 0 aliphatic rings. The molecule has 0 aliphatic carbocycles. The van der Waals surface area contributed by atoms with Crippen molar-refractivity contribution < 1.29 is 23.1 Å². The summed E-state index contributed by atoms with van der Waals surface area (Å²) in [5, 5.41) is 8.61.